The highest BCUT2D eigenvalue weighted by Crippen LogP contribution is 2.21. The van der Waals surface area contributed by atoms with Gasteiger partial charge in [-0.1, -0.05) is 87.5 Å². The average Bonchev–Trinajstić information content (AvgIpc) is 2.69. The van der Waals surface area contributed by atoms with Gasteiger partial charge in [0.2, 0.25) is 0 Å². The van der Waals surface area contributed by atoms with Gasteiger partial charge in [0.05, 0.1) is 0 Å². The number of hydrogen-bond donors (Lipinski definition) is 0. The molecule has 132 valence electrons. The molecule has 0 N–H and O–H groups in total. The van der Waals surface area contributed by atoms with Crippen LogP contribution in [-0.2, 0) is 0 Å². The van der Waals surface area contributed by atoms with Gasteiger partial charge >= 0.3 is 0 Å². The van der Waals surface area contributed by atoms with Crippen LogP contribution in [0.3, 0.4) is 0 Å². The molecule has 26 heavy (non-hydrogen) atoms. The van der Waals surface area contributed by atoms with E-state index >= 15 is 0 Å². The molecule has 1 atom stereocenters. The lowest BCUT2D eigenvalue weighted by atomic mass is 9.95. The second kappa shape index (κ2) is 8.52. The monoisotopic (exact) mass is 343 g/mol. The van der Waals surface area contributed by atoms with Crippen molar-refractivity contribution >= 4 is 6.08 Å². The maximum absolute atomic E-state index is 4.69. The minimum Gasteiger partial charge on any atom is -0.209 e. The first-order valence-corrected chi connectivity index (χ1v) is 9.17. The van der Waals surface area contributed by atoms with E-state index in [4.69, 9.17) is 0 Å². The molecule has 0 saturated carbocycles. The van der Waals surface area contributed by atoms with Crippen molar-refractivity contribution in [2.75, 3.05) is 0 Å². The topological polar surface area (TPSA) is 38.7 Å². The van der Waals surface area contributed by atoms with Gasteiger partial charge in [-0.3, -0.25) is 0 Å². The van der Waals surface area contributed by atoms with Crippen LogP contribution in [0, 0.1) is 11.8 Å². The van der Waals surface area contributed by atoms with Gasteiger partial charge in [0.25, 0.3) is 0 Å². The van der Waals surface area contributed by atoms with E-state index in [1.54, 1.807) is 0 Å². The predicted octanol–water partition coefficient (Wildman–Crippen LogP) is 5.90. The molecule has 1 aromatic heterocycles. The quantitative estimate of drug-likeness (QED) is 0.559. The van der Waals surface area contributed by atoms with E-state index in [1.165, 1.54) is 0 Å². The molecule has 3 aromatic rings. The Kier molecular flexibility index (Phi) is 5.90. The van der Waals surface area contributed by atoms with Crippen molar-refractivity contribution in [2.45, 2.75) is 27.2 Å². The van der Waals surface area contributed by atoms with Crippen molar-refractivity contribution < 1.29 is 0 Å². The predicted molar refractivity (Wildman–Crippen MR) is 108 cm³/mol. The molecular weight excluding hydrogens is 318 g/mol. The van der Waals surface area contributed by atoms with Gasteiger partial charge in [0.1, 0.15) is 0 Å². The van der Waals surface area contributed by atoms with Crippen LogP contribution in [0.15, 0.2) is 66.7 Å². The Morgan fingerprint density at radius 1 is 0.731 bits per heavy atom. The Morgan fingerprint density at radius 2 is 1.23 bits per heavy atom. The number of aromatic nitrogens is 3. The summed E-state index contributed by atoms with van der Waals surface area (Å²) in [6, 6.07) is 20.1. The van der Waals surface area contributed by atoms with Gasteiger partial charge < -0.3 is 0 Å². The normalized spacial score (nSPS) is 12.6. The minimum atomic E-state index is 0.635. The highest BCUT2D eigenvalue weighted by molar-refractivity contribution is 5.62. The lowest BCUT2D eigenvalue weighted by molar-refractivity contribution is 0.424. The summed E-state index contributed by atoms with van der Waals surface area (Å²) in [5.41, 5.74) is 1.99. The summed E-state index contributed by atoms with van der Waals surface area (Å²) in [5.74, 6) is 3.41. The van der Waals surface area contributed by atoms with Crippen LogP contribution in [0.2, 0.25) is 0 Å². The molecule has 2 aromatic carbocycles. The summed E-state index contributed by atoms with van der Waals surface area (Å²) < 4.78 is 0. The standard InChI is InChI=1S/C23H25N3/c1-17(2)18(3)11-10-16-21-24-22(19-12-6-4-7-13-19)26-23(25-21)20-14-8-5-9-15-20/h4-10,12-18H,11H2,1-3H3/b16-10+. The zero-order chi connectivity index (χ0) is 18.4. The third kappa shape index (κ3) is 4.63. The summed E-state index contributed by atoms with van der Waals surface area (Å²) in [6.45, 7) is 6.78. The molecule has 0 amide bonds. The van der Waals surface area contributed by atoms with Crippen LogP contribution < -0.4 is 0 Å². The van der Waals surface area contributed by atoms with Crippen molar-refractivity contribution in [3.05, 3.63) is 72.6 Å². The zero-order valence-corrected chi connectivity index (χ0v) is 15.6. The number of benzene rings is 2. The summed E-state index contributed by atoms with van der Waals surface area (Å²) in [5, 5.41) is 0. The summed E-state index contributed by atoms with van der Waals surface area (Å²) in [7, 11) is 0. The van der Waals surface area contributed by atoms with Crippen molar-refractivity contribution in [1.29, 1.82) is 0 Å². The Hall–Kier alpha value is -2.81. The first-order valence-electron chi connectivity index (χ1n) is 9.17. The lowest BCUT2D eigenvalue weighted by Crippen LogP contribution is -2.02. The molecule has 0 fully saturated rings. The Bertz CT molecular complexity index is 797. The fourth-order valence-electron chi connectivity index (χ4n) is 2.56. The van der Waals surface area contributed by atoms with Gasteiger partial charge in [-0.25, -0.2) is 15.0 Å². The SMILES string of the molecule is CC(C)C(C)C/C=C/c1nc(-c2ccccc2)nc(-c2ccccc2)n1. The second-order valence-electron chi connectivity index (χ2n) is 6.93. The van der Waals surface area contributed by atoms with E-state index in [2.05, 4.69) is 41.8 Å². The van der Waals surface area contributed by atoms with Gasteiger partial charge in [-0.05, 0) is 24.3 Å². The van der Waals surface area contributed by atoms with Gasteiger partial charge in [-0.15, -0.1) is 0 Å². The number of rotatable bonds is 6. The third-order valence-corrected chi connectivity index (χ3v) is 4.63. The number of hydrogen-bond acceptors (Lipinski definition) is 3. The average molecular weight is 343 g/mol. The van der Waals surface area contributed by atoms with Crippen LogP contribution in [0.5, 0.6) is 0 Å². The molecular formula is C23H25N3. The van der Waals surface area contributed by atoms with Crippen LogP contribution in [0.1, 0.15) is 33.0 Å². The maximum atomic E-state index is 4.69. The molecule has 0 radical (unpaired) electrons. The molecule has 1 unspecified atom stereocenters. The number of nitrogens with zero attached hydrogens (tertiary/aromatic N) is 3. The molecule has 0 aliphatic heterocycles. The van der Waals surface area contributed by atoms with Crippen molar-refractivity contribution in [3.63, 3.8) is 0 Å². The van der Waals surface area contributed by atoms with Crippen molar-refractivity contribution in [3.8, 4) is 22.8 Å². The summed E-state index contributed by atoms with van der Waals surface area (Å²) in [4.78, 5) is 14.0. The van der Waals surface area contributed by atoms with Gasteiger partial charge in [-0.2, -0.15) is 0 Å². The smallest absolute Gasteiger partial charge is 0.164 e. The lowest BCUT2D eigenvalue weighted by Gasteiger charge is -2.12. The number of allylic oxidation sites excluding steroid dienone is 1. The maximum Gasteiger partial charge on any atom is 0.164 e. The Labute approximate surface area is 155 Å². The molecule has 1 heterocycles. The highest BCUT2D eigenvalue weighted by Gasteiger charge is 2.09. The Balaban J connectivity index is 1.97. The molecule has 3 nitrogen and oxygen atoms in total. The van der Waals surface area contributed by atoms with E-state index in [0.29, 0.717) is 29.3 Å². The second-order valence-corrected chi connectivity index (χ2v) is 6.93. The van der Waals surface area contributed by atoms with Gasteiger partial charge in [0.15, 0.2) is 17.5 Å². The summed E-state index contributed by atoms with van der Waals surface area (Å²) >= 11 is 0. The van der Waals surface area contributed by atoms with E-state index < -0.39 is 0 Å². The van der Waals surface area contributed by atoms with Crippen LogP contribution >= 0.6 is 0 Å². The fraction of sp³-hybridized carbons (Fsp3) is 0.261. The first-order chi connectivity index (χ1) is 12.6. The first kappa shape index (κ1) is 18.0. The van der Waals surface area contributed by atoms with E-state index in [-0.39, 0.29) is 0 Å². The molecule has 3 heteroatoms. The minimum absolute atomic E-state index is 0.635. The van der Waals surface area contributed by atoms with Crippen molar-refractivity contribution in [1.82, 2.24) is 15.0 Å². The molecule has 3 rings (SSSR count). The molecule has 0 saturated heterocycles. The molecule has 0 aliphatic carbocycles. The van der Waals surface area contributed by atoms with E-state index in [0.717, 1.165) is 17.5 Å². The Morgan fingerprint density at radius 3 is 1.69 bits per heavy atom. The summed E-state index contributed by atoms with van der Waals surface area (Å²) in [6.07, 6.45) is 5.20. The van der Waals surface area contributed by atoms with Crippen LogP contribution in [0.4, 0.5) is 0 Å². The van der Waals surface area contributed by atoms with Crippen LogP contribution in [-0.4, -0.2) is 15.0 Å². The highest BCUT2D eigenvalue weighted by atomic mass is 15.0. The van der Waals surface area contributed by atoms with Gasteiger partial charge in [0, 0.05) is 11.1 Å². The third-order valence-electron chi connectivity index (χ3n) is 4.63. The fourth-order valence-corrected chi connectivity index (χ4v) is 2.56. The van der Waals surface area contributed by atoms with E-state index in [1.807, 2.05) is 66.7 Å². The zero-order valence-electron chi connectivity index (χ0n) is 15.6. The van der Waals surface area contributed by atoms with Crippen LogP contribution in [0.25, 0.3) is 28.9 Å². The van der Waals surface area contributed by atoms with Crippen molar-refractivity contribution in [2.24, 2.45) is 11.8 Å². The molecule has 0 aliphatic rings. The largest absolute Gasteiger partial charge is 0.209 e. The van der Waals surface area contributed by atoms with E-state index in [9.17, 15) is 0 Å². The molecule has 0 spiro atoms. The molecule has 0 bridgehead atoms.